The molecule has 0 saturated heterocycles. The van der Waals surface area contributed by atoms with Gasteiger partial charge in [-0.25, -0.2) is 0 Å². The maximum Gasteiger partial charge on any atom is 0.223 e. The highest BCUT2D eigenvalue weighted by Gasteiger charge is 2.27. The third-order valence-corrected chi connectivity index (χ3v) is 4.54. The number of hydrogen-bond donors (Lipinski definition) is 1. The Morgan fingerprint density at radius 3 is 2.80 bits per heavy atom. The molecule has 0 radical (unpaired) electrons. The molecule has 3 nitrogen and oxygen atoms in total. The number of amides is 1. The van der Waals surface area contributed by atoms with Gasteiger partial charge in [0.05, 0.1) is 12.6 Å². The Morgan fingerprint density at radius 2 is 2.00 bits per heavy atom. The summed E-state index contributed by atoms with van der Waals surface area (Å²) in [5.74, 6) is 1.23. The second-order valence-corrected chi connectivity index (χ2v) is 6.15. The summed E-state index contributed by atoms with van der Waals surface area (Å²) < 4.78 is 5.63. The highest BCUT2D eigenvalue weighted by molar-refractivity contribution is 6.30. The van der Waals surface area contributed by atoms with Crippen molar-refractivity contribution in [1.29, 1.82) is 0 Å². The Labute approximate surface area is 124 Å². The molecular formula is C16H20ClNO2. The number of carbonyl (C=O) groups is 1. The fraction of sp³-hybridized carbons (Fsp3) is 0.562. The third kappa shape index (κ3) is 2.93. The average molecular weight is 294 g/mol. The second-order valence-electron chi connectivity index (χ2n) is 5.72. The molecular weight excluding hydrogens is 274 g/mol. The molecule has 1 unspecified atom stereocenters. The van der Waals surface area contributed by atoms with E-state index in [1.54, 1.807) is 0 Å². The molecule has 2 aliphatic rings. The molecule has 108 valence electrons. The monoisotopic (exact) mass is 293 g/mol. The topological polar surface area (TPSA) is 38.3 Å². The lowest BCUT2D eigenvalue weighted by atomic mass is 9.88. The van der Waals surface area contributed by atoms with Crippen LogP contribution in [0.3, 0.4) is 0 Å². The van der Waals surface area contributed by atoms with Crippen molar-refractivity contribution >= 4 is 17.5 Å². The SMILES string of the molecule is O=C(NC1CCOc2ccc(Cl)cc21)C1CCCCC1. The summed E-state index contributed by atoms with van der Waals surface area (Å²) in [5.41, 5.74) is 1.01. The van der Waals surface area contributed by atoms with E-state index >= 15 is 0 Å². The average Bonchev–Trinajstić information content (AvgIpc) is 2.49. The van der Waals surface area contributed by atoms with Crippen LogP contribution in [-0.2, 0) is 4.79 Å². The van der Waals surface area contributed by atoms with Gasteiger partial charge in [-0.2, -0.15) is 0 Å². The molecule has 1 aromatic rings. The predicted molar refractivity (Wildman–Crippen MR) is 79.0 cm³/mol. The molecule has 1 N–H and O–H groups in total. The van der Waals surface area contributed by atoms with Crippen molar-refractivity contribution in [2.45, 2.75) is 44.6 Å². The van der Waals surface area contributed by atoms with Crippen molar-refractivity contribution in [3.05, 3.63) is 28.8 Å². The van der Waals surface area contributed by atoms with Gasteiger partial charge in [0.25, 0.3) is 0 Å². The van der Waals surface area contributed by atoms with Gasteiger partial charge in [0.1, 0.15) is 5.75 Å². The molecule has 1 atom stereocenters. The molecule has 1 aromatic carbocycles. The summed E-state index contributed by atoms with van der Waals surface area (Å²) >= 11 is 6.06. The van der Waals surface area contributed by atoms with E-state index in [2.05, 4.69) is 5.32 Å². The zero-order valence-electron chi connectivity index (χ0n) is 11.5. The van der Waals surface area contributed by atoms with Crippen molar-refractivity contribution in [3.63, 3.8) is 0 Å². The Balaban J connectivity index is 1.72. The van der Waals surface area contributed by atoms with Crippen LogP contribution in [0.2, 0.25) is 5.02 Å². The lowest BCUT2D eigenvalue weighted by molar-refractivity contribution is -0.126. The number of benzene rings is 1. The number of nitrogens with one attached hydrogen (secondary N) is 1. The highest BCUT2D eigenvalue weighted by atomic mass is 35.5. The minimum atomic E-state index is 0.0341. The molecule has 0 bridgehead atoms. The zero-order valence-corrected chi connectivity index (χ0v) is 12.3. The van der Waals surface area contributed by atoms with E-state index in [0.717, 1.165) is 30.6 Å². The second kappa shape index (κ2) is 6.04. The summed E-state index contributed by atoms with van der Waals surface area (Å²) in [6.45, 7) is 0.643. The van der Waals surface area contributed by atoms with E-state index in [1.165, 1.54) is 19.3 Å². The fourth-order valence-electron chi connectivity index (χ4n) is 3.17. The van der Waals surface area contributed by atoms with Gasteiger partial charge in [0.15, 0.2) is 0 Å². The van der Waals surface area contributed by atoms with E-state index in [4.69, 9.17) is 16.3 Å². The summed E-state index contributed by atoms with van der Waals surface area (Å²) in [6, 6.07) is 5.65. The van der Waals surface area contributed by atoms with Crippen molar-refractivity contribution in [3.8, 4) is 5.75 Å². The Kier molecular flexibility index (Phi) is 4.16. The molecule has 1 saturated carbocycles. The highest BCUT2D eigenvalue weighted by Crippen LogP contribution is 2.34. The fourth-order valence-corrected chi connectivity index (χ4v) is 3.35. The summed E-state index contributed by atoms with van der Waals surface area (Å²) in [7, 11) is 0. The molecule has 1 aliphatic heterocycles. The number of hydrogen-bond acceptors (Lipinski definition) is 2. The molecule has 3 rings (SSSR count). The molecule has 1 aliphatic carbocycles. The van der Waals surface area contributed by atoms with Crippen LogP contribution in [0.15, 0.2) is 18.2 Å². The number of fused-ring (bicyclic) bond motifs is 1. The van der Waals surface area contributed by atoms with Crippen LogP contribution in [0.5, 0.6) is 5.75 Å². The largest absolute Gasteiger partial charge is 0.493 e. The maximum atomic E-state index is 12.4. The zero-order chi connectivity index (χ0) is 13.9. The van der Waals surface area contributed by atoms with E-state index in [1.807, 2.05) is 18.2 Å². The van der Waals surface area contributed by atoms with Crippen LogP contribution in [-0.4, -0.2) is 12.5 Å². The summed E-state index contributed by atoms with van der Waals surface area (Å²) in [6.07, 6.45) is 6.47. The lowest BCUT2D eigenvalue weighted by Crippen LogP contribution is -2.37. The quantitative estimate of drug-likeness (QED) is 0.899. The summed E-state index contributed by atoms with van der Waals surface area (Å²) in [4.78, 5) is 12.4. The van der Waals surface area contributed by atoms with Crippen LogP contribution in [0, 0.1) is 5.92 Å². The first-order valence-electron chi connectivity index (χ1n) is 7.46. The predicted octanol–water partition coefficient (Wildman–Crippen LogP) is 3.86. The first-order chi connectivity index (χ1) is 9.74. The molecule has 20 heavy (non-hydrogen) atoms. The minimum Gasteiger partial charge on any atom is -0.493 e. The van der Waals surface area contributed by atoms with Gasteiger partial charge in [-0.3, -0.25) is 4.79 Å². The van der Waals surface area contributed by atoms with Gasteiger partial charge in [0, 0.05) is 22.9 Å². The van der Waals surface area contributed by atoms with Gasteiger partial charge >= 0.3 is 0 Å². The first kappa shape index (κ1) is 13.7. The lowest BCUT2D eigenvalue weighted by Gasteiger charge is -2.29. The van der Waals surface area contributed by atoms with Gasteiger partial charge in [-0.1, -0.05) is 30.9 Å². The Morgan fingerprint density at radius 1 is 1.20 bits per heavy atom. The Hall–Kier alpha value is -1.22. The van der Waals surface area contributed by atoms with Gasteiger partial charge in [-0.05, 0) is 31.0 Å². The van der Waals surface area contributed by atoms with E-state index in [9.17, 15) is 4.79 Å². The molecule has 1 heterocycles. The maximum absolute atomic E-state index is 12.4. The van der Waals surface area contributed by atoms with Crippen molar-refractivity contribution in [2.24, 2.45) is 5.92 Å². The number of halogens is 1. The van der Waals surface area contributed by atoms with E-state index in [-0.39, 0.29) is 17.9 Å². The molecule has 0 spiro atoms. The summed E-state index contributed by atoms with van der Waals surface area (Å²) in [5, 5.41) is 3.88. The van der Waals surface area contributed by atoms with Gasteiger partial charge in [-0.15, -0.1) is 0 Å². The standard InChI is InChI=1S/C16H20ClNO2/c17-12-6-7-15-13(10-12)14(8-9-20-15)18-16(19)11-4-2-1-3-5-11/h6-7,10-11,14H,1-5,8-9H2,(H,18,19). The number of ether oxygens (including phenoxy) is 1. The molecule has 0 aromatic heterocycles. The van der Waals surface area contributed by atoms with Crippen molar-refractivity contribution < 1.29 is 9.53 Å². The van der Waals surface area contributed by atoms with Crippen LogP contribution >= 0.6 is 11.6 Å². The van der Waals surface area contributed by atoms with Gasteiger partial charge in [0.2, 0.25) is 5.91 Å². The van der Waals surface area contributed by atoms with E-state index in [0.29, 0.717) is 11.6 Å². The van der Waals surface area contributed by atoms with Crippen LogP contribution in [0.4, 0.5) is 0 Å². The minimum absolute atomic E-state index is 0.0341. The Bertz CT molecular complexity index is 497. The van der Waals surface area contributed by atoms with Crippen LogP contribution in [0.1, 0.15) is 50.1 Å². The first-order valence-corrected chi connectivity index (χ1v) is 7.84. The smallest absolute Gasteiger partial charge is 0.223 e. The number of carbonyl (C=O) groups excluding carboxylic acids is 1. The normalized spacial score (nSPS) is 22.8. The molecule has 1 fully saturated rings. The van der Waals surface area contributed by atoms with E-state index < -0.39 is 0 Å². The number of rotatable bonds is 2. The van der Waals surface area contributed by atoms with Crippen molar-refractivity contribution in [2.75, 3.05) is 6.61 Å². The van der Waals surface area contributed by atoms with Crippen LogP contribution < -0.4 is 10.1 Å². The van der Waals surface area contributed by atoms with Crippen molar-refractivity contribution in [1.82, 2.24) is 5.32 Å². The van der Waals surface area contributed by atoms with Crippen LogP contribution in [0.25, 0.3) is 0 Å². The molecule has 4 heteroatoms. The third-order valence-electron chi connectivity index (χ3n) is 4.30. The van der Waals surface area contributed by atoms with Gasteiger partial charge < -0.3 is 10.1 Å². The molecule has 1 amide bonds.